The van der Waals surface area contributed by atoms with Crippen LogP contribution in [0.4, 0.5) is 4.39 Å². The highest BCUT2D eigenvalue weighted by molar-refractivity contribution is 6.31. The molecule has 1 unspecified atom stereocenters. The van der Waals surface area contributed by atoms with Crippen molar-refractivity contribution in [3.05, 3.63) is 28.5 Å². The van der Waals surface area contributed by atoms with E-state index in [1.54, 1.807) is 12.1 Å². The van der Waals surface area contributed by atoms with Crippen molar-refractivity contribution in [2.75, 3.05) is 13.7 Å². The van der Waals surface area contributed by atoms with E-state index in [0.717, 1.165) is 19.4 Å². The Balaban J connectivity index is 2.54. The summed E-state index contributed by atoms with van der Waals surface area (Å²) in [5, 5.41) is 3.76. The van der Waals surface area contributed by atoms with Crippen molar-refractivity contribution in [2.24, 2.45) is 0 Å². The lowest BCUT2D eigenvalue weighted by molar-refractivity contribution is 0.363. The Morgan fingerprint density at radius 3 is 2.81 bits per heavy atom. The van der Waals surface area contributed by atoms with Gasteiger partial charge in [-0.2, -0.15) is 0 Å². The van der Waals surface area contributed by atoms with Crippen LogP contribution in [0.3, 0.4) is 0 Å². The van der Waals surface area contributed by atoms with Gasteiger partial charge in [-0.1, -0.05) is 11.6 Å². The van der Waals surface area contributed by atoms with Gasteiger partial charge in [0.15, 0.2) is 11.6 Å². The van der Waals surface area contributed by atoms with Crippen LogP contribution in [0, 0.1) is 5.82 Å². The zero-order chi connectivity index (χ0) is 11.8. The monoisotopic (exact) mass is 243 g/mol. The van der Waals surface area contributed by atoms with Gasteiger partial charge in [-0.05, 0) is 38.4 Å². The van der Waals surface area contributed by atoms with Crippen LogP contribution in [0.1, 0.15) is 25.3 Å². The van der Waals surface area contributed by atoms with Gasteiger partial charge in [0.1, 0.15) is 0 Å². The predicted octanol–water partition coefficient (Wildman–Crippen LogP) is 3.09. The van der Waals surface area contributed by atoms with E-state index < -0.39 is 0 Å². The number of hydrogen-bond donors (Lipinski definition) is 1. The van der Waals surface area contributed by atoms with E-state index >= 15 is 0 Å². The Kier molecular flexibility index (Phi) is 3.08. The lowest BCUT2D eigenvalue weighted by Crippen LogP contribution is -2.34. The van der Waals surface area contributed by atoms with E-state index in [4.69, 9.17) is 16.3 Å². The average molecular weight is 244 g/mol. The van der Waals surface area contributed by atoms with Crippen molar-refractivity contribution in [3.63, 3.8) is 0 Å². The standard InChI is InChI=1S/C12H15ClFNO/c1-12(6-3-7-15-12)10-8(13)4-5-9(16-2)11(10)14/h4-5,15H,3,6-7H2,1-2H3. The van der Waals surface area contributed by atoms with Gasteiger partial charge in [0.2, 0.25) is 0 Å². The molecule has 1 fully saturated rings. The normalized spacial score (nSPS) is 24.8. The van der Waals surface area contributed by atoms with E-state index in [0.29, 0.717) is 10.6 Å². The smallest absolute Gasteiger partial charge is 0.171 e. The number of nitrogens with one attached hydrogen (secondary N) is 1. The molecule has 0 saturated carbocycles. The lowest BCUT2D eigenvalue weighted by atomic mass is 9.90. The van der Waals surface area contributed by atoms with Gasteiger partial charge in [-0.25, -0.2) is 4.39 Å². The molecule has 1 aliphatic heterocycles. The third kappa shape index (κ3) is 1.78. The molecular weight excluding hydrogens is 229 g/mol. The fourth-order valence-electron chi connectivity index (χ4n) is 2.30. The first-order chi connectivity index (χ1) is 7.58. The fraction of sp³-hybridized carbons (Fsp3) is 0.500. The third-order valence-corrected chi connectivity index (χ3v) is 3.51. The van der Waals surface area contributed by atoms with Gasteiger partial charge in [0, 0.05) is 16.1 Å². The molecular formula is C12H15ClFNO. The van der Waals surface area contributed by atoms with Crippen LogP contribution in [-0.2, 0) is 5.54 Å². The molecule has 0 aliphatic carbocycles. The van der Waals surface area contributed by atoms with E-state index in [-0.39, 0.29) is 17.1 Å². The van der Waals surface area contributed by atoms with Crippen molar-refractivity contribution >= 4 is 11.6 Å². The number of halogens is 2. The minimum atomic E-state index is -0.379. The SMILES string of the molecule is COc1ccc(Cl)c(C2(C)CCCN2)c1F. The Labute approximate surface area is 99.7 Å². The van der Waals surface area contributed by atoms with Crippen LogP contribution in [0.5, 0.6) is 5.75 Å². The summed E-state index contributed by atoms with van der Waals surface area (Å²) in [6, 6.07) is 3.24. The molecule has 0 amide bonds. The molecule has 0 spiro atoms. The molecule has 1 heterocycles. The maximum atomic E-state index is 14.2. The van der Waals surface area contributed by atoms with E-state index in [2.05, 4.69) is 5.32 Å². The molecule has 0 aromatic heterocycles. The summed E-state index contributed by atoms with van der Waals surface area (Å²) in [6.07, 6.45) is 1.92. The van der Waals surface area contributed by atoms with Crippen LogP contribution in [-0.4, -0.2) is 13.7 Å². The summed E-state index contributed by atoms with van der Waals surface area (Å²) in [7, 11) is 1.46. The molecule has 16 heavy (non-hydrogen) atoms. The Hall–Kier alpha value is -0.800. The van der Waals surface area contributed by atoms with Gasteiger partial charge < -0.3 is 10.1 Å². The van der Waals surface area contributed by atoms with Gasteiger partial charge in [-0.3, -0.25) is 0 Å². The van der Waals surface area contributed by atoms with E-state index in [1.807, 2.05) is 6.92 Å². The highest BCUT2D eigenvalue weighted by atomic mass is 35.5. The molecule has 1 aromatic carbocycles. The Morgan fingerprint density at radius 2 is 2.25 bits per heavy atom. The third-order valence-electron chi connectivity index (χ3n) is 3.20. The lowest BCUT2D eigenvalue weighted by Gasteiger charge is -2.27. The molecule has 88 valence electrons. The summed E-state index contributed by atoms with van der Waals surface area (Å²) >= 11 is 6.09. The highest BCUT2D eigenvalue weighted by Crippen LogP contribution is 2.39. The molecule has 0 radical (unpaired) electrons. The summed E-state index contributed by atoms with van der Waals surface area (Å²) < 4.78 is 19.2. The van der Waals surface area contributed by atoms with Crippen molar-refractivity contribution in [3.8, 4) is 5.75 Å². The quantitative estimate of drug-likeness (QED) is 0.862. The minimum Gasteiger partial charge on any atom is -0.494 e. The topological polar surface area (TPSA) is 21.3 Å². The van der Waals surface area contributed by atoms with E-state index in [1.165, 1.54) is 7.11 Å². The summed E-state index contributed by atoms with van der Waals surface area (Å²) in [6.45, 7) is 2.87. The molecule has 1 aromatic rings. The zero-order valence-electron chi connectivity index (χ0n) is 9.44. The maximum Gasteiger partial charge on any atom is 0.171 e. The summed E-state index contributed by atoms with van der Waals surface area (Å²) in [5.74, 6) is -0.110. The van der Waals surface area contributed by atoms with Crippen LogP contribution < -0.4 is 10.1 Å². The van der Waals surface area contributed by atoms with Gasteiger partial charge in [0.05, 0.1) is 7.11 Å². The van der Waals surface area contributed by atoms with Crippen LogP contribution in [0.2, 0.25) is 5.02 Å². The molecule has 1 aliphatic rings. The highest BCUT2D eigenvalue weighted by Gasteiger charge is 2.35. The van der Waals surface area contributed by atoms with Crippen LogP contribution >= 0.6 is 11.6 Å². The molecule has 1 saturated heterocycles. The first-order valence-electron chi connectivity index (χ1n) is 5.36. The second-order valence-electron chi connectivity index (χ2n) is 4.30. The van der Waals surface area contributed by atoms with Gasteiger partial charge in [0.25, 0.3) is 0 Å². The Bertz CT molecular complexity index is 402. The number of hydrogen-bond acceptors (Lipinski definition) is 2. The summed E-state index contributed by atoms with van der Waals surface area (Å²) in [5.41, 5.74) is 0.140. The predicted molar refractivity (Wildman–Crippen MR) is 62.6 cm³/mol. The number of methoxy groups -OCH3 is 1. The largest absolute Gasteiger partial charge is 0.494 e. The molecule has 1 N–H and O–H groups in total. The Morgan fingerprint density at radius 1 is 1.50 bits per heavy atom. The first kappa shape index (κ1) is 11.7. The van der Waals surface area contributed by atoms with Crippen molar-refractivity contribution in [2.45, 2.75) is 25.3 Å². The second-order valence-corrected chi connectivity index (χ2v) is 4.71. The van der Waals surface area contributed by atoms with Crippen LogP contribution in [0.25, 0.3) is 0 Å². The average Bonchev–Trinajstić information content (AvgIpc) is 2.66. The minimum absolute atomic E-state index is 0.245. The van der Waals surface area contributed by atoms with Gasteiger partial charge in [-0.15, -0.1) is 0 Å². The number of rotatable bonds is 2. The van der Waals surface area contributed by atoms with Gasteiger partial charge >= 0.3 is 0 Å². The number of benzene rings is 1. The van der Waals surface area contributed by atoms with Crippen molar-refractivity contribution in [1.82, 2.24) is 5.32 Å². The van der Waals surface area contributed by atoms with Crippen molar-refractivity contribution < 1.29 is 9.13 Å². The maximum absolute atomic E-state index is 14.2. The van der Waals surface area contributed by atoms with Crippen molar-refractivity contribution in [1.29, 1.82) is 0 Å². The molecule has 0 bridgehead atoms. The molecule has 4 heteroatoms. The number of ether oxygens (including phenoxy) is 1. The fourth-order valence-corrected chi connectivity index (χ4v) is 2.66. The molecule has 1 atom stereocenters. The van der Waals surface area contributed by atoms with E-state index in [9.17, 15) is 4.39 Å². The molecule has 2 nitrogen and oxygen atoms in total. The molecule has 2 rings (SSSR count). The summed E-state index contributed by atoms with van der Waals surface area (Å²) in [4.78, 5) is 0. The second kappa shape index (κ2) is 4.22. The zero-order valence-corrected chi connectivity index (χ0v) is 10.2. The first-order valence-corrected chi connectivity index (χ1v) is 5.74. The van der Waals surface area contributed by atoms with Crippen LogP contribution in [0.15, 0.2) is 12.1 Å².